The van der Waals surface area contributed by atoms with E-state index in [0.29, 0.717) is 19.6 Å². The van der Waals surface area contributed by atoms with Crippen molar-refractivity contribution in [3.63, 3.8) is 0 Å². The van der Waals surface area contributed by atoms with E-state index in [1.54, 1.807) is 6.20 Å². The number of amides is 1. The van der Waals surface area contributed by atoms with Gasteiger partial charge in [0.15, 0.2) is 0 Å². The van der Waals surface area contributed by atoms with E-state index < -0.39 is 0 Å². The summed E-state index contributed by atoms with van der Waals surface area (Å²) in [5.74, 6) is 0.724. The van der Waals surface area contributed by atoms with Crippen LogP contribution in [0.1, 0.15) is 5.56 Å². The molecule has 0 saturated carbocycles. The number of hydrogen-bond acceptors (Lipinski definition) is 3. The van der Waals surface area contributed by atoms with Crippen LogP contribution in [-0.2, 0) is 18.3 Å². The zero-order valence-corrected chi connectivity index (χ0v) is 15.2. The maximum absolute atomic E-state index is 12.3. The number of aryl methyl sites for hydroxylation is 1. The van der Waals surface area contributed by atoms with E-state index in [9.17, 15) is 4.79 Å². The maximum atomic E-state index is 12.3. The van der Waals surface area contributed by atoms with Gasteiger partial charge in [0.05, 0.1) is 13.0 Å². The van der Waals surface area contributed by atoms with Crippen molar-refractivity contribution in [2.75, 3.05) is 13.2 Å². The largest absolute Gasteiger partial charge is 0.489 e. The summed E-state index contributed by atoms with van der Waals surface area (Å²) in [5.41, 5.74) is 3.00. The van der Waals surface area contributed by atoms with Gasteiger partial charge in [-0.25, -0.2) is 0 Å². The SMILES string of the molecule is Cn1cc(CC(=O)NCCOc2cccc3cccnc23)c2ccccc21. The molecule has 0 aliphatic heterocycles. The van der Waals surface area contributed by atoms with Gasteiger partial charge in [-0.15, -0.1) is 0 Å². The van der Waals surface area contributed by atoms with Crippen molar-refractivity contribution in [3.8, 4) is 5.75 Å². The molecule has 0 aliphatic carbocycles. The number of carbonyl (C=O) groups excluding carboxylic acids is 1. The van der Waals surface area contributed by atoms with Crippen molar-refractivity contribution in [1.82, 2.24) is 14.9 Å². The number of nitrogens with one attached hydrogen (secondary N) is 1. The lowest BCUT2D eigenvalue weighted by atomic mass is 10.1. The smallest absolute Gasteiger partial charge is 0.224 e. The second-order valence-electron chi connectivity index (χ2n) is 6.49. The molecule has 5 nitrogen and oxygen atoms in total. The highest BCUT2D eigenvalue weighted by atomic mass is 16.5. The van der Waals surface area contributed by atoms with Gasteiger partial charge in [-0.1, -0.05) is 36.4 Å². The summed E-state index contributed by atoms with van der Waals surface area (Å²) in [7, 11) is 2.00. The molecule has 5 heteroatoms. The quantitative estimate of drug-likeness (QED) is 0.537. The number of para-hydroxylation sites is 2. The van der Waals surface area contributed by atoms with Crippen LogP contribution in [-0.4, -0.2) is 28.6 Å². The van der Waals surface area contributed by atoms with E-state index in [1.165, 1.54) is 0 Å². The lowest BCUT2D eigenvalue weighted by Gasteiger charge is -2.09. The van der Waals surface area contributed by atoms with Gasteiger partial charge < -0.3 is 14.6 Å². The Balaban J connectivity index is 1.33. The van der Waals surface area contributed by atoms with Gasteiger partial charge in [0.2, 0.25) is 5.91 Å². The van der Waals surface area contributed by atoms with Gasteiger partial charge in [0.1, 0.15) is 17.9 Å². The van der Waals surface area contributed by atoms with Gasteiger partial charge in [0.25, 0.3) is 0 Å². The molecule has 1 amide bonds. The minimum absolute atomic E-state index is 0.00834. The molecule has 0 saturated heterocycles. The van der Waals surface area contributed by atoms with E-state index >= 15 is 0 Å². The molecule has 2 heterocycles. The van der Waals surface area contributed by atoms with E-state index in [2.05, 4.69) is 27.0 Å². The molecule has 0 aliphatic rings. The van der Waals surface area contributed by atoms with E-state index in [4.69, 9.17) is 4.74 Å². The van der Waals surface area contributed by atoms with Crippen LogP contribution in [0.5, 0.6) is 5.75 Å². The first kappa shape index (κ1) is 17.1. The third-order valence-electron chi connectivity index (χ3n) is 4.61. The molecule has 0 atom stereocenters. The van der Waals surface area contributed by atoms with Crippen LogP contribution in [0.2, 0.25) is 0 Å². The molecular formula is C22H21N3O2. The number of nitrogens with zero attached hydrogens (tertiary/aromatic N) is 2. The molecule has 0 spiro atoms. The molecule has 4 aromatic rings. The number of ether oxygens (including phenoxy) is 1. The molecule has 2 aromatic carbocycles. The zero-order valence-electron chi connectivity index (χ0n) is 15.2. The van der Waals surface area contributed by atoms with Crippen LogP contribution in [0.25, 0.3) is 21.8 Å². The van der Waals surface area contributed by atoms with E-state index in [0.717, 1.165) is 33.1 Å². The third-order valence-corrected chi connectivity index (χ3v) is 4.61. The fraction of sp³-hybridized carbons (Fsp3) is 0.182. The van der Waals surface area contributed by atoms with Gasteiger partial charge >= 0.3 is 0 Å². The summed E-state index contributed by atoms with van der Waals surface area (Å²) < 4.78 is 7.86. The Morgan fingerprint density at radius 1 is 1.11 bits per heavy atom. The van der Waals surface area contributed by atoms with Gasteiger partial charge in [0, 0.05) is 35.7 Å². The number of aromatic nitrogens is 2. The Labute approximate surface area is 157 Å². The monoisotopic (exact) mass is 359 g/mol. The molecular weight excluding hydrogens is 338 g/mol. The number of rotatable bonds is 6. The summed E-state index contributed by atoms with van der Waals surface area (Å²) >= 11 is 0. The zero-order chi connectivity index (χ0) is 18.6. The lowest BCUT2D eigenvalue weighted by Crippen LogP contribution is -2.29. The second-order valence-corrected chi connectivity index (χ2v) is 6.49. The predicted molar refractivity (Wildman–Crippen MR) is 107 cm³/mol. The highest BCUT2D eigenvalue weighted by Crippen LogP contribution is 2.23. The lowest BCUT2D eigenvalue weighted by molar-refractivity contribution is -0.120. The molecule has 1 N–H and O–H groups in total. The topological polar surface area (TPSA) is 56.2 Å². The average Bonchev–Trinajstić information content (AvgIpc) is 3.01. The number of fused-ring (bicyclic) bond motifs is 2. The molecule has 0 bridgehead atoms. The van der Waals surface area contributed by atoms with Crippen LogP contribution in [0, 0.1) is 0 Å². The highest BCUT2D eigenvalue weighted by Gasteiger charge is 2.10. The first-order valence-corrected chi connectivity index (χ1v) is 8.98. The summed E-state index contributed by atoms with van der Waals surface area (Å²) in [6.07, 6.45) is 4.13. The van der Waals surface area contributed by atoms with Crippen molar-refractivity contribution in [2.24, 2.45) is 7.05 Å². The third kappa shape index (κ3) is 3.62. The molecule has 4 rings (SSSR count). The van der Waals surface area contributed by atoms with Crippen molar-refractivity contribution in [1.29, 1.82) is 0 Å². The fourth-order valence-corrected chi connectivity index (χ4v) is 3.35. The molecule has 27 heavy (non-hydrogen) atoms. The second kappa shape index (κ2) is 7.50. The standard InChI is InChI=1S/C22H21N3O2/c1-25-15-17(18-8-2-3-9-19(18)25)14-21(26)23-12-13-27-20-10-4-6-16-7-5-11-24-22(16)20/h2-11,15H,12-14H2,1H3,(H,23,26). The van der Waals surface area contributed by atoms with E-state index in [1.807, 2.05) is 55.7 Å². The van der Waals surface area contributed by atoms with Gasteiger partial charge in [-0.05, 0) is 23.8 Å². The Kier molecular flexibility index (Phi) is 4.75. The maximum Gasteiger partial charge on any atom is 0.224 e. The van der Waals surface area contributed by atoms with Crippen LogP contribution < -0.4 is 10.1 Å². The molecule has 0 radical (unpaired) electrons. The van der Waals surface area contributed by atoms with Crippen LogP contribution in [0.3, 0.4) is 0 Å². The summed E-state index contributed by atoms with van der Waals surface area (Å²) in [5, 5.41) is 5.09. The van der Waals surface area contributed by atoms with Gasteiger partial charge in [-0.2, -0.15) is 0 Å². The summed E-state index contributed by atoms with van der Waals surface area (Å²) in [6, 6.07) is 17.9. The highest BCUT2D eigenvalue weighted by molar-refractivity contribution is 5.89. The molecule has 0 unspecified atom stereocenters. The molecule has 136 valence electrons. The Hall–Kier alpha value is -3.34. The number of pyridine rings is 1. The number of carbonyl (C=O) groups is 1. The van der Waals surface area contributed by atoms with Crippen LogP contribution in [0.15, 0.2) is 67.0 Å². The first-order chi connectivity index (χ1) is 13.2. The molecule has 2 aromatic heterocycles. The Morgan fingerprint density at radius 3 is 2.89 bits per heavy atom. The van der Waals surface area contributed by atoms with Crippen molar-refractivity contribution in [3.05, 3.63) is 72.6 Å². The number of hydrogen-bond donors (Lipinski definition) is 1. The van der Waals surface area contributed by atoms with Crippen molar-refractivity contribution >= 4 is 27.7 Å². The minimum atomic E-state index is -0.00834. The van der Waals surface area contributed by atoms with Crippen LogP contribution in [0.4, 0.5) is 0 Å². The van der Waals surface area contributed by atoms with Crippen LogP contribution >= 0.6 is 0 Å². The first-order valence-electron chi connectivity index (χ1n) is 8.98. The minimum Gasteiger partial charge on any atom is -0.489 e. The number of benzene rings is 2. The van der Waals surface area contributed by atoms with Gasteiger partial charge in [-0.3, -0.25) is 9.78 Å². The summed E-state index contributed by atoms with van der Waals surface area (Å²) in [4.78, 5) is 16.7. The average molecular weight is 359 g/mol. The van der Waals surface area contributed by atoms with Crippen molar-refractivity contribution in [2.45, 2.75) is 6.42 Å². The predicted octanol–water partition coefficient (Wildman–Crippen LogP) is 3.46. The normalized spacial score (nSPS) is 11.0. The van der Waals surface area contributed by atoms with Crippen molar-refractivity contribution < 1.29 is 9.53 Å². The summed E-state index contributed by atoms with van der Waals surface area (Å²) in [6.45, 7) is 0.851. The fourth-order valence-electron chi connectivity index (χ4n) is 3.35. The molecule has 0 fully saturated rings. The Bertz CT molecular complexity index is 1100. The Morgan fingerprint density at radius 2 is 1.96 bits per heavy atom. The van der Waals surface area contributed by atoms with E-state index in [-0.39, 0.29) is 5.91 Å².